The van der Waals surface area contributed by atoms with Crippen molar-refractivity contribution < 1.29 is 24.5 Å². The molecular formula is C17H18N2O7. The highest BCUT2D eigenvalue weighted by Gasteiger charge is 2.20. The highest BCUT2D eigenvalue weighted by molar-refractivity contribution is 6.08. The van der Waals surface area contributed by atoms with Crippen molar-refractivity contribution in [3.63, 3.8) is 0 Å². The summed E-state index contributed by atoms with van der Waals surface area (Å²) in [4.78, 5) is 36.2. The van der Waals surface area contributed by atoms with Crippen molar-refractivity contribution in [3.8, 4) is 23.1 Å². The van der Waals surface area contributed by atoms with Gasteiger partial charge in [-0.15, -0.1) is 0 Å². The molecule has 0 radical (unpaired) electrons. The number of methoxy groups -OCH3 is 2. The molecule has 26 heavy (non-hydrogen) atoms. The summed E-state index contributed by atoms with van der Waals surface area (Å²) in [7, 11) is 5.17. The van der Waals surface area contributed by atoms with Crippen LogP contribution in [0.5, 0.6) is 23.1 Å². The summed E-state index contributed by atoms with van der Waals surface area (Å²) in [6.07, 6.45) is 2.42. The lowest BCUT2D eigenvalue weighted by Crippen LogP contribution is -2.39. The molecule has 0 amide bonds. The van der Waals surface area contributed by atoms with Gasteiger partial charge in [-0.2, -0.15) is 0 Å². The Morgan fingerprint density at radius 3 is 2.08 bits per heavy atom. The van der Waals surface area contributed by atoms with Crippen LogP contribution in [0.4, 0.5) is 0 Å². The first-order chi connectivity index (χ1) is 12.2. The molecule has 0 spiro atoms. The van der Waals surface area contributed by atoms with Crippen molar-refractivity contribution in [1.82, 2.24) is 9.13 Å². The van der Waals surface area contributed by atoms with Crippen LogP contribution in [0.1, 0.15) is 15.9 Å². The fraction of sp³-hybridized carbons (Fsp3) is 0.235. The average Bonchev–Trinajstić information content (AvgIpc) is 2.63. The van der Waals surface area contributed by atoms with Crippen molar-refractivity contribution in [3.05, 3.63) is 50.2 Å². The van der Waals surface area contributed by atoms with Crippen LogP contribution in [0.25, 0.3) is 6.08 Å². The maximum absolute atomic E-state index is 12.4. The van der Waals surface area contributed by atoms with E-state index < -0.39 is 28.5 Å². The molecule has 1 aromatic heterocycles. The maximum atomic E-state index is 12.4. The second-order valence-corrected chi connectivity index (χ2v) is 5.38. The minimum absolute atomic E-state index is 0.136. The Labute approximate surface area is 148 Å². The number of phenolic OH excluding ortho intramolecular Hbond substituents is 1. The van der Waals surface area contributed by atoms with Gasteiger partial charge in [-0.3, -0.25) is 18.7 Å². The lowest BCUT2D eigenvalue weighted by atomic mass is 10.1. The van der Waals surface area contributed by atoms with E-state index in [1.54, 1.807) is 0 Å². The lowest BCUT2D eigenvalue weighted by molar-refractivity contribution is 0.104. The Bertz CT molecular complexity index is 990. The Kier molecular flexibility index (Phi) is 5.20. The van der Waals surface area contributed by atoms with Crippen LogP contribution in [-0.2, 0) is 14.1 Å². The Morgan fingerprint density at radius 1 is 1.04 bits per heavy atom. The first-order valence-electron chi connectivity index (χ1n) is 7.39. The highest BCUT2D eigenvalue weighted by Crippen LogP contribution is 2.37. The van der Waals surface area contributed by atoms with E-state index in [0.717, 1.165) is 15.2 Å². The predicted octanol–water partition coefficient (Wildman–Crippen LogP) is 0.409. The Hall–Kier alpha value is -3.49. The number of aromatic nitrogens is 2. The molecule has 0 saturated heterocycles. The minimum Gasteiger partial charge on any atom is -0.502 e. The van der Waals surface area contributed by atoms with Gasteiger partial charge in [-0.25, -0.2) is 4.79 Å². The van der Waals surface area contributed by atoms with Crippen LogP contribution >= 0.6 is 0 Å². The van der Waals surface area contributed by atoms with Crippen molar-refractivity contribution >= 4 is 11.9 Å². The van der Waals surface area contributed by atoms with Gasteiger partial charge in [0.2, 0.25) is 11.6 Å². The normalized spacial score (nSPS) is 10.9. The zero-order chi connectivity index (χ0) is 19.6. The number of aromatic hydroxyl groups is 2. The third kappa shape index (κ3) is 3.18. The molecule has 9 heteroatoms. The summed E-state index contributed by atoms with van der Waals surface area (Å²) in [5, 5.41) is 19.9. The molecule has 2 aromatic rings. The number of ketones is 1. The second-order valence-electron chi connectivity index (χ2n) is 5.38. The molecule has 0 aliphatic rings. The fourth-order valence-corrected chi connectivity index (χ4v) is 2.31. The molecule has 0 fully saturated rings. The SMILES string of the molecule is COc1cc(C=CC(=O)c2c(O)n(C)c(=O)n(C)c2=O)cc(OC)c1O. The molecule has 1 heterocycles. The van der Waals surface area contributed by atoms with E-state index in [9.17, 15) is 24.6 Å². The van der Waals surface area contributed by atoms with Gasteiger partial charge in [0.1, 0.15) is 5.56 Å². The number of allylic oxidation sites excluding steroid dienone is 1. The van der Waals surface area contributed by atoms with Crippen LogP contribution in [0.3, 0.4) is 0 Å². The number of carbonyl (C=O) groups excluding carboxylic acids is 1. The van der Waals surface area contributed by atoms with Crippen LogP contribution in [0.2, 0.25) is 0 Å². The molecule has 1 aromatic carbocycles. The summed E-state index contributed by atoms with van der Waals surface area (Å²) in [6.45, 7) is 0. The predicted molar refractivity (Wildman–Crippen MR) is 93.2 cm³/mol. The van der Waals surface area contributed by atoms with Crippen LogP contribution in [-0.4, -0.2) is 39.4 Å². The molecule has 0 bridgehead atoms. The number of phenols is 1. The van der Waals surface area contributed by atoms with Gasteiger partial charge in [-0.1, -0.05) is 6.08 Å². The zero-order valence-corrected chi connectivity index (χ0v) is 14.6. The molecule has 2 N–H and O–H groups in total. The second kappa shape index (κ2) is 7.18. The van der Waals surface area contributed by atoms with Gasteiger partial charge in [0, 0.05) is 14.1 Å². The van der Waals surface area contributed by atoms with E-state index in [-0.39, 0.29) is 17.2 Å². The zero-order valence-electron chi connectivity index (χ0n) is 14.6. The molecule has 0 atom stereocenters. The highest BCUT2D eigenvalue weighted by atomic mass is 16.5. The average molecular weight is 362 g/mol. The third-order valence-electron chi connectivity index (χ3n) is 3.81. The number of hydrogen-bond acceptors (Lipinski definition) is 7. The number of ether oxygens (including phenoxy) is 2. The van der Waals surface area contributed by atoms with Crippen molar-refractivity contribution in [1.29, 1.82) is 0 Å². The Morgan fingerprint density at radius 2 is 1.58 bits per heavy atom. The summed E-state index contributed by atoms with van der Waals surface area (Å²) in [5.41, 5.74) is -1.73. The first kappa shape index (κ1) is 18.8. The van der Waals surface area contributed by atoms with Gasteiger partial charge < -0.3 is 19.7 Å². The monoisotopic (exact) mass is 362 g/mol. The molecule has 9 nitrogen and oxygen atoms in total. The lowest BCUT2D eigenvalue weighted by Gasteiger charge is -2.09. The van der Waals surface area contributed by atoms with Gasteiger partial charge >= 0.3 is 5.69 Å². The van der Waals surface area contributed by atoms with Gasteiger partial charge in [0.15, 0.2) is 17.3 Å². The molecule has 0 unspecified atom stereocenters. The molecule has 0 aliphatic carbocycles. The van der Waals surface area contributed by atoms with Gasteiger partial charge in [0.05, 0.1) is 14.2 Å². The van der Waals surface area contributed by atoms with Crippen molar-refractivity contribution in [2.24, 2.45) is 14.1 Å². The van der Waals surface area contributed by atoms with Gasteiger partial charge in [0.25, 0.3) is 5.56 Å². The van der Waals surface area contributed by atoms with E-state index >= 15 is 0 Å². The van der Waals surface area contributed by atoms with Crippen LogP contribution in [0.15, 0.2) is 27.8 Å². The van der Waals surface area contributed by atoms with E-state index in [2.05, 4.69) is 0 Å². The van der Waals surface area contributed by atoms with Crippen LogP contribution in [0, 0.1) is 0 Å². The maximum Gasteiger partial charge on any atom is 0.333 e. The largest absolute Gasteiger partial charge is 0.502 e. The topological polar surface area (TPSA) is 120 Å². The first-order valence-corrected chi connectivity index (χ1v) is 7.39. The number of benzene rings is 1. The molecule has 138 valence electrons. The molecule has 2 rings (SSSR count). The van der Waals surface area contributed by atoms with Crippen molar-refractivity contribution in [2.45, 2.75) is 0 Å². The van der Waals surface area contributed by atoms with Crippen molar-refractivity contribution in [2.75, 3.05) is 14.2 Å². The molecular weight excluding hydrogens is 344 g/mol. The summed E-state index contributed by atoms with van der Waals surface area (Å²) in [5.74, 6) is -1.42. The Balaban J connectivity index is 2.49. The van der Waals surface area contributed by atoms with Crippen LogP contribution < -0.4 is 20.7 Å². The summed E-state index contributed by atoms with van der Waals surface area (Å²) >= 11 is 0. The number of rotatable bonds is 5. The summed E-state index contributed by atoms with van der Waals surface area (Å²) < 4.78 is 11.6. The quantitative estimate of drug-likeness (QED) is 0.584. The molecule has 0 aliphatic heterocycles. The number of nitrogens with zero attached hydrogens (tertiary/aromatic N) is 2. The summed E-state index contributed by atoms with van der Waals surface area (Å²) in [6, 6.07) is 2.92. The van der Waals surface area contributed by atoms with E-state index in [1.807, 2.05) is 0 Å². The number of carbonyl (C=O) groups is 1. The smallest absolute Gasteiger partial charge is 0.333 e. The minimum atomic E-state index is -0.902. The third-order valence-corrected chi connectivity index (χ3v) is 3.81. The van der Waals surface area contributed by atoms with E-state index in [1.165, 1.54) is 46.5 Å². The molecule has 0 saturated carbocycles. The van der Waals surface area contributed by atoms with E-state index in [0.29, 0.717) is 5.56 Å². The number of hydrogen-bond donors (Lipinski definition) is 2. The fourth-order valence-electron chi connectivity index (χ4n) is 2.31. The standard InChI is InChI=1S/C17H18N2O7/c1-18-15(22)13(16(23)19(2)17(18)24)10(20)6-5-9-7-11(25-3)14(21)12(8-9)26-4/h5-8,21-22H,1-4H3. The van der Waals surface area contributed by atoms with E-state index in [4.69, 9.17) is 9.47 Å². The van der Waals surface area contributed by atoms with Gasteiger partial charge in [-0.05, 0) is 23.8 Å².